The van der Waals surface area contributed by atoms with Crippen LogP contribution in [0, 0.1) is 5.82 Å². The van der Waals surface area contributed by atoms with Crippen LogP contribution in [0.2, 0.25) is 0 Å². The van der Waals surface area contributed by atoms with Gasteiger partial charge in [0.1, 0.15) is 17.2 Å². The highest BCUT2D eigenvalue weighted by molar-refractivity contribution is 7.89. The van der Waals surface area contributed by atoms with Gasteiger partial charge in [-0.3, -0.25) is 0 Å². The van der Waals surface area contributed by atoms with Gasteiger partial charge in [0.25, 0.3) is 0 Å². The normalized spacial score (nSPS) is 19.7. The van der Waals surface area contributed by atoms with Gasteiger partial charge in [-0.15, -0.1) is 0 Å². The van der Waals surface area contributed by atoms with Gasteiger partial charge in [-0.2, -0.15) is 0 Å². The SMILES string of the molecule is CC1(C)C[C@H](NS(=O)(=O)c2ccc(F)cc2)c2ccccc2O1. The molecule has 0 fully saturated rings. The van der Waals surface area contributed by atoms with Crippen LogP contribution in [-0.2, 0) is 10.0 Å². The van der Waals surface area contributed by atoms with E-state index in [2.05, 4.69) is 4.72 Å². The minimum absolute atomic E-state index is 0.0423. The Morgan fingerprint density at radius 3 is 2.48 bits per heavy atom. The number of halogens is 1. The van der Waals surface area contributed by atoms with Crippen molar-refractivity contribution in [1.29, 1.82) is 0 Å². The van der Waals surface area contributed by atoms with E-state index in [9.17, 15) is 12.8 Å². The second-order valence-electron chi connectivity index (χ2n) is 6.23. The molecule has 0 saturated heterocycles. The van der Waals surface area contributed by atoms with Gasteiger partial charge in [-0.1, -0.05) is 18.2 Å². The molecule has 4 nitrogen and oxygen atoms in total. The average molecular weight is 335 g/mol. The molecule has 0 aromatic heterocycles. The lowest BCUT2D eigenvalue weighted by Crippen LogP contribution is -2.41. The predicted molar refractivity (Wildman–Crippen MR) is 85.2 cm³/mol. The first-order chi connectivity index (χ1) is 10.8. The minimum atomic E-state index is -3.74. The van der Waals surface area contributed by atoms with Crippen LogP contribution in [0.5, 0.6) is 5.75 Å². The van der Waals surface area contributed by atoms with E-state index in [0.29, 0.717) is 12.2 Å². The highest BCUT2D eigenvalue weighted by atomic mass is 32.2. The van der Waals surface area contributed by atoms with Crippen LogP contribution in [0.3, 0.4) is 0 Å². The maximum absolute atomic E-state index is 13.0. The molecule has 0 radical (unpaired) electrons. The van der Waals surface area contributed by atoms with Crippen LogP contribution in [0.4, 0.5) is 4.39 Å². The molecule has 1 heterocycles. The lowest BCUT2D eigenvalue weighted by Gasteiger charge is -2.37. The first-order valence-corrected chi connectivity index (χ1v) is 8.81. The summed E-state index contributed by atoms with van der Waals surface area (Å²) in [5.41, 5.74) is 0.321. The summed E-state index contributed by atoms with van der Waals surface area (Å²) in [5, 5.41) is 0. The molecule has 122 valence electrons. The van der Waals surface area contributed by atoms with E-state index >= 15 is 0 Å². The molecule has 1 atom stereocenters. The van der Waals surface area contributed by atoms with Crippen LogP contribution in [0.15, 0.2) is 53.4 Å². The first-order valence-electron chi connectivity index (χ1n) is 7.33. The number of fused-ring (bicyclic) bond motifs is 1. The van der Waals surface area contributed by atoms with Gasteiger partial charge in [0.15, 0.2) is 0 Å². The first kappa shape index (κ1) is 16.0. The van der Waals surface area contributed by atoms with E-state index in [1.807, 2.05) is 38.1 Å². The molecular weight excluding hydrogens is 317 g/mol. The number of rotatable bonds is 3. The molecule has 0 unspecified atom stereocenters. The van der Waals surface area contributed by atoms with Crippen molar-refractivity contribution in [1.82, 2.24) is 4.72 Å². The van der Waals surface area contributed by atoms with Crippen molar-refractivity contribution in [3.05, 3.63) is 59.9 Å². The standard InChI is InChI=1S/C17H18FNO3S/c1-17(2)11-15(14-5-3-4-6-16(14)22-17)19-23(20,21)13-9-7-12(18)8-10-13/h3-10,15,19H,11H2,1-2H3/t15-/m0/s1. The molecule has 0 spiro atoms. The minimum Gasteiger partial charge on any atom is -0.487 e. The topological polar surface area (TPSA) is 55.4 Å². The molecule has 6 heteroatoms. The Hall–Kier alpha value is -1.92. The second-order valence-corrected chi connectivity index (χ2v) is 7.95. The fraction of sp³-hybridized carbons (Fsp3) is 0.294. The molecular formula is C17H18FNO3S. The zero-order chi connectivity index (χ0) is 16.7. The Balaban J connectivity index is 1.94. The molecule has 3 rings (SSSR count). The zero-order valence-electron chi connectivity index (χ0n) is 12.9. The smallest absolute Gasteiger partial charge is 0.241 e. The summed E-state index contributed by atoms with van der Waals surface area (Å²) in [4.78, 5) is 0.0423. The fourth-order valence-electron chi connectivity index (χ4n) is 2.78. The maximum Gasteiger partial charge on any atom is 0.241 e. The third-order valence-corrected chi connectivity index (χ3v) is 5.29. The van der Waals surface area contributed by atoms with Gasteiger partial charge in [-0.25, -0.2) is 17.5 Å². The number of nitrogens with one attached hydrogen (secondary N) is 1. The van der Waals surface area contributed by atoms with Crippen molar-refractivity contribution in [2.45, 2.75) is 36.8 Å². The van der Waals surface area contributed by atoms with Gasteiger partial charge in [0, 0.05) is 12.0 Å². The largest absolute Gasteiger partial charge is 0.487 e. The summed E-state index contributed by atoms with van der Waals surface area (Å²) < 4.78 is 46.7. The predicted octanol–water partition coefficient (Wildman–Crippen LogP) is 3.41. The summed E-state index contributed by atoms with van der Waals surface area (Å²) in [6.07, 6.45) is 0.504. The lowest BCUT2D eigenvalue weighted by atomic mass is 9.90. The molecule has 0 aliphatic carbocycles. The van der Waals surface area contributed by atoms with Crippen LogP contribution in [0.1, 0.15) is 31.9 Å². The summed E-state index contributed by atoms with van der Waals surface area (Å²) in [6.45, 7) is 3.84. The monoisotopic (exact) mass is 335 g/mol. The Kier molecular flexibility index (Phi) is 3.90. The number of ether oxygens (including phenoxy) is 1. The number of sulfonamides is 1. The van der Waals surface area contributed by atoms with Crippen LogP contribution < -0.4 is 9.46 Å². The number of hydrogen-bond acceptors (Lipinski definition) is 3. The van der Waals surface area contributed by atoms with E-state index in [0.717, 1.165) is 17.7 Å². The van der Waals surface area contributed by atoms with Gasteiger partial charge >= 0.3 is 0 Å². The van der Waals surface area contributed by atoms with E-state index in [4.69, 9.17) is 4.74 Å². The van der Waals surface area contributed by atoms with Crippen LogP contribution >= 0.6 is 0 Å². The zero-order valence-corrected chi connectivity index (χ0v) is 13.7. The lowest BCUT2D eigenvalue weighted by molar-refractivity contribution is 0.0702. The van der Waals surface area contributed by atoms with Crippen molar-refractivity contribution < 1.29 is 17.5 Å². The molecule has 23 heavy (non-hydrogen) atoms. The number of hydrogen-bond donors (Lipinski definition) is 1. The second kappa shape index (κ2) is 5.62. The summed E-state index contributed by atoms with van der Waals surface area (Å²) in [6, 6.07) is 11.8. The highest BCUT2D eigenvalue weighted by Gasteiger charge is 2.35. The molecule has 0 bridgehead atoms. The highest BCUT2D eigenvalue weighted by Crippen LogP contribution is 2.39. The number of para-hydroxylation sites is 1. The molecule has 2 aromatic carbocycles. The van der Waals surface area contributed by atoms with E-state index in [1.54, 1.807) is 0 Å². The summed E-state index contributed by atoms with van der Waals surface area (Å²) in [7, 11) is -3.74. The molecule has 1 aliphatic heterocycles. The van der Waals surface area contributed by atoms with E-state index < -0.39 is 27.5 Å². The molecule has 0 amide bonds. The fourth-order valence-corrected chi connectivity index (χ4v) is 3.99. The van der Waals surface area contributed by atoms with Gasteiger partial charge in [0.2, 0.25) is 10.0 Å². The van der Waals surface area contributed by atoms with Gasteiger partial charge < -0.3 is 4.74 Å². The van der Waals surface area contributed by atoms with Crippen LogP contribution in [-0.4, -0.2) is 14.0 Å². The van der Waals surface area contributed by atoms with Gasteiger partial charge in [-0.05, 0) is 44.2 Å². The van der Waals surface area contributed by atoms with Crippen molar-refractivity contribution >= 4 is 10.0 Å². The Morgan fingerprint density at radius 1 is 1.13 bits per heavy atom. The van der Waals surface area contributed by atoms with Crippen molar-refractivity contribution in [2.75, 3.05) is 0 Å². The molecule has 0 saturated carbocycles. The molecule has 2 aromatic rings. The summed E-state index contributed by atoms with van der Waals surface area (Å²) in [5.74, 6) is 0.206. The summed E-state index contributed by atoms with van der Waals surface area (Å²) >= 11 is 0. The molecule has 1 N–H and O–H groups in total. The Bertz CT molecular complexity index is 816. The van der Waals surface area contributed by atoms with Crippen molar-refractivity contribution in [3.8, 4) is 5.75 Å². The Morgan fingerprint density at radius 2 is 1.78 bits per heavy atom. The van der Waals surface area contributed by atoms with E-state index in [-0.39, 0.29) is 4.90 Å². The maximum atomic E-state index is 13.0. The van der Waals surface area contributed by atoms with Gasteiger partial charge in [0.05, 0.1) is 10.9 Å². The van der Waals surface area contributed by atoms with Crippen LogP contribution in [0.25, 0.3) is 0 Å². The van der Waals surface area contributed by atoms with E-state index in [1.165, 1.54) is 12.1 Å². The number of benzene rings is 2. The third-order valence-electron chi connectivity index (χ3n) is 3.80. The average Bonchev–Trinajstić information content (AvgIpc) is 2.46. The van der Waals surface area contributed by atoms with Crippen molar-refractivity contribution in [3.63, 3.8) is 0 Å². The third kappa shape index (κ3) is 3.38. The van der Waals surface area contributed by atoms with Crippen molar-refractivity contribution in [2.24, 2.45) is 0 Å². The quantitative estimate of drug-likeness (QED) is 0.935. The molecule has 1 aliphatic rings. The Labute approximate surface area is 135 Å².